The highest BCUT2D eigenvalue weighted by molar-refractivity contribution is 6.76. The standard InChI is InChI=1S/C9H9Cl3N2O/c1-5-2-3-6(13)4-7(5)14-8(15)9(10,11)12/h2-4H,13H2,1H3,(H,14,15). The monoisotopic (exact) mass is 266 g/mol. The van der Waals surface area contributed by atoms with Gasteiger partial charge in [0.2, 0.25) is 0 Å². The van der Waals surface area contributed by atoms with Gasteiger partial charge in [0.05, 0.1) is 0 Å². The van der Waals surface area contributed by atoms with Crippen LogP contribution in [0, 0.1) is 6.92 Å². The number of hydrogen-bond donors (Lipinski definition) is 2. The molecule has 0 aliphatic heterocycles. The van der Waals surface area contributed by atoms with E-state index in [9.17, 15) is 4.79 Å². The first-order valence-electron chi connectivity index (χ1n) is 4.05. The molecule has 0 unspecified atom stereocenters. The predicted octanol–water partition coefficient (Wildman–Crippen LogP) is 2.89. The fourth-order valence-corrected chi connectivity index (χ4v) is 1.11. The van der Waals surface area contributed by atoms with Crippen molar-refractivity contribution < 1.29 is 4.79 Å². The van der Waals surface area contributed by atoms with E-state index in [2.05, 4.69) is 5.32 Å². The zero-order valence-corrected chi connectivity index (χ0v) is 10.1. The van der Waals surface area contributed by atoms with Gasteiger partial charge in [-0.1, -0.05) is 40.9 Å². The first-order valence-corrected chi connectivity index (χ1v) is 5.18. The van der Waals surface area contributed by atoms with Gasteiger partial charge in [-0.3, -0.25) is 4.79 Å². The summed E-state index contributed by atoms with van der Waals surface area (Å²) in [6, 6.07) is 5.09. The molecule has 0 aromatic heterocycles. The topological polar surface area (TPSA) is 55.1 Å². The van der Waals surface area contributed by atoms with Gasteiger partial charge in [-0.25, -0.2) is 0 Å². The maximum absolute atomic E-state index is 11.3. The number of nitrogens with two attached hydrogens (primary N) is 1. The van der Waals surface area contributed by atoms with E-state index in [0.717, 1.165) is 5.56 Å². The van der Waals surface area contributed by atoms with Gasteiger partial charge in [0.1, 0.15) is 0 Å². The van der Waals surface area contributed by atoms with Crippen molar-refractivity contribution in [2.45, 2.75) is 10.7 Å². The third-order valence-corrected chi connectivity index (χ3v) is 2.28. The third-order valence-electron chi connectivity index (χ3n) is 1.77. The summed E-state index contributed by atoms with van der Waals surface area (Å²) < 4.78 is -1.98. The highest BCUT2D eigenvalue weighted by atomic mass is 35.6. The first kappa shape index (κ1) is 12.4. The Balaban J connectivity index is 2.90. The number of anilines is 2. The van der Waals surface area contributed by atoms with Crippen LogP contribution in [-0.4, -0.2) is 9.70 Å². The van der Waals surface area contributed by atoms with Crippen LogP contribution < -0.4 is 11.1 Å². The fourth-order valence-electron chi connectivity index (χ4n) is 0.967. The minimum atomic E-state index is -1.98. The van der Waals surface area contributed by atoms with Crippen LogP contribution in [0.15, 0.2) is 18.2 Å². The lowest BCUT2D eigenvalue weighted by Crippen LogP contribution is -2.27. The Hall–Kier alpha value is -0.640. The number of alkyl halides is 3. The number of amides is 1. The molecular weight excluding hydrogens is 258 g/mol. The Morgan fingerprint density at radius 2 is 2.00 bits per heavy atom. The molecule has 1 aromatic carbocycles. The molecule has 0 radical (unpaired) electrons. The van der Waals surface area contributed by atoms with E-state index in [0.29, 0.717) is 11.4 Å². The highest BCUT2D eigenvalue weighted by Crippen LogP contribution is 2.28. The fraction of sp³-hybridized carbons (Fsp3) is 0.222. The van der Waals surface area contributed by atoms with Gasteiger partial charge in [0.15, 0.2) is 0 Å². The molecule has 82 valence electrons. The highest BCUT2D eigenvalue weighted by Gasteiger charge is 2.30. The number of rotatable bonds is 1. The van der Waals surface area contributed by atoms with E-state index in [-0.39, 0.29) is 0 Å². The molecule has 15 heavy (non-hydrogen) atoms. The molecule has 0 aliphatic carbocycles. The summed E-state index contributed by atoms with van der Waals surface area (Å²) in [5, 5.41) is 2.48. The van der Waals surface area contributed by atoms with Crippen molar-refractivity contribution in [3.63, 3.8) is 0 Å². The van der Waals surface area contributed by atoms with Crippen LogP contribution in [0.3, 0.4) is 0 Å². The molecule has 0 bridgehead atoms. The molecule has 1 amide bonds. The summed E-state index contributed by atoms with van der Waals surface area (Å²) in [5.74, 6) is -0.707. The Kier molecular flexibility index (Phi) is 3.71. The van der Waals surface area contributed by atoms with Crippen molar-refractivity contribution >= 4 is 52.1 Å². The Labute approximate surface area is 102 Å². The average Bonchev–Trinajstić information content (AvgIpc) is 2.09. The molecule has 0 atom stereocenters. The van der Waals surface area contributed by atoms with Gasteiger partial charge in [-0.05, 0) is 24.6 Å². The predicted molar refractivity (Wildman–Crippen MR) is 64.5 cm³/mol. The summed E-state index contributed by atoms with van der Waals surface area (Å²) >= 11 is 16.2. The van der Waals surface area contributed by atoms with Crippen LogP contribution >= 0.6 is 34.8 Å². The second kappa shape index (κ2) is 4.47. The van der Waals surface area contributed by atoms with Crippen molar-refractivity contribution in [1.82, 2.24) is 0 Å². The van der Waals surface area contributed by atoms with E-state index in [1.807, 2.05) is 6.92 Å². The second-order valence-corrected chi connectivity index (χ2v) is 5.31. The van der Waals surface area contributed by atoms with Gasteiger partial charge in [-0.15, -0.1) is 0 Å². The number of aryl methyl sites for hydroxylation is 1. The molecule has 0 heterocycles. The minimum absolute atomic E-state index is 0.528. The lowest BCUT2D eigenvalue weighted by Gasteiger charge is -2.13. The summed E-state index contributed by atoms with van der Waals surface area (Å²) in [5.41, 5.74) is 7.46. The summed E-state index contributed by atoms with van der Waals surface area (Å²) in [7, 11) is 0. The van der Waals surface area contributed by atoms with Crippen LogP contribution in [0.2, 0.25) is 0 Å². The number of hydrogen-bond acceptors (Lipinski definition) is 2. The van der Waals surface area contributed by atoms with E-state index in [1.165, 1.54) is 0 Å². The second-order valence-electron chi connectivity index (χ2n) is 3.03. The summed E-state index contributed by atoms with van der Waals surface area (Å²) in [6.07, 6.45) is 0. The molecule has 0 spiro atoms. The van der Waals surface area contributed by atoms with Crippen LogP contribution in [0.1, 0.15) is 5.56 Å². The van der Waals surface area contributed by atoms with Crippen LogP contribution in [0.4, 0.5) is 11.4 Å². The SMILES string of the molecule is Cc1ccc(N)cc1NC(=O)C(Cl)(Cl)Cl. The van der Waals surface area contributed by atoms with Gasteiger partial charge in [0.25, 0.3) is 9.70 Å². The number of carbonyl (C=O) groups is 1. The number of carbonyl (C=O) groups excluding carboxylic acids is 1. The summed E-state index contributed by atoms with van der Waals surface area (Å²) in [4.78, 5) is 11.3. The maximum Gasteiger partial charge on any atom is 0.276 e. The largest absolute Gasteiger partial charge is 0.399 e. The number of benzene rings is 1. The molecule has 1 aromatic rings. The first-order chi connectivity index (χ1) is 6.80. The number of nitrogen functional groups attached to an aromatic ring is 1. The Bertz CT molecular complexity index is 387. The lowest BCUT2D eigenvalue weighted by molar-refractivity contribution is -0.115. The smallest absolute Gasteiger partial charge is 0.276 e. The van der Waals surface area contributed by atoms with Crippen LogP contribution in [-0.2, 0) is 4.79 Å². The van der Waals surface area contributed by atoms with Crippen molar-refractivity contribution in [3.8, 4) is 0 Å². The number of nitrogens with one attached hydrogen (secondary N) is 1. The van der Waals surface area contributed by atoms with Crippen LogP contribution in [0.25, 0.3) is 0 Å². The molecule has 0 saturated heterocycles. The Morgan fingerprint density at radius 1 is 1.40 bits per heavy atom. The zero-order valence-electron chi connectivity index (χ0n) is 7.85. The molecule has 0 fully saturated rings. The van der Waals surface area contributed by atoms with Crippen molar-refractivity contribution in [3.05, 3.63) is 23.8 Å². The molecule has 0 aliphatic rings. The lowest BCUT2D eigenvalue weighted by atomic mass is 10.2. The van der Waals surface area contributed by atoms with Gasteiger partial charge >= 0.3 is 0 Å². The quantitative estimate of drug-likeness (QED) is 0.607. The number of halogens is 3. The Morgan fingerprint density at radius 3 is 2.53 bits per heavy atom. The average molecular weight is 268 g/mol. The zero-order chi connectivity index (χ0) is 11.6. The van der Waals surface area contributed by atoms with Crippen LogP contribution in [0.5, 0.6) is 0 Å². The van der Waals surface area contributed by atoms with E-state index < -0.39 is 9.70 Å². The molecule has 3 N–H and O–H groups in total. The van der Waals surface area contributed by atoms with Crippen molar-refractivity contribution in [2.75, 3.05) is 11.1 Å². The minimum Gasteiger partial charge on any atom is -0.399 e. The maximum atomic E-state index is 11.3. The van der Waals surface area contributed by atoms with Crippen molar-refractivity contribution in [2.24, 2.45) is 0 Å². The van der Waals surface area contributed by atoms with Crippen molar-refractivity contribution in [1.29, 1.82) is 0 Å². The third kappa shape index (κ3) is 3.45. The molecule has 1 rings (SSSR count). The van der Waals surface area contributed by atoms with Gasteiger partial charge < -0.3 is 11.1 Å². The molecule has 3 nitrogen and oxygen atoms in total. The molecule has 0 saturated carbocycles. The molecule has 6 heteroatoms. The summed E-state index contributed by atoms with van der Waals surface area (Å²) in [6.45, 7) is 1.81. The van der Waals surface area contributed by atoms with E-state index >= 15 is 0 Å². The van der Waals surface area contributed by atoms with Gasteiger partial charge in [0, 0.05) is 11.4 Å². The van der Waals surface area contributed by atoms with E-state index in [4.69, 9.17) is 40.5 Å². The molecular formula is C9H9Cl3N2O. The van der Waals surface area contributed by atoms with E-state index in [1.54, 1.807) is 18.2 Å². The van der Waals surface area contributed by atoms with Gasteiger partial charge in [-0.2, -0.15) is 0 Å². The normalized spacial score (nSPS) is 11.2.